The van der Waals surface area contributed by atoms with Crippen LogP contribution in [0.15, 0.2) is 0 Å². The Bertz CT molecular complexity index is 296. The second kappa shape index (κ2) is 4.56. The monoisotopic (exact) mass is 223 g/mol. The third-order valence-corrected chi connectivity index (χ3v) is 3.90. The van der Waals surface area contributed by atoms with Crippen molar-refractivity contribution in [3.63, 3.8) is 0 Å². The maximum absolute atomic E-state index is 12.2. The van der Waals surface area contributed by atoms with Gasteiger partial charge in [-0.05, 0) is 38.5 Å². The highest BCUT2D eigenvalue weighted by molar-refractivity contribution is 5.81. The quantitative estimate of drug-likeness (QED) is 0.731. The molecule has 0 radical (unpaired) electrons. The normalized spacial score (nSPS) is 26.9. The van der Waals surface area contributed by atoms with Crippen LogP contribution in [0.4, 0.5) is 0 Å². The van der Waals surface area contributed by atoms with E-state index in [-0.39, 0.29) is 23.7 Å². The van der Waals surface area contributed by atoms with E-state index in [2.05, 4.69) is 0 Å². The lowest BCUT2D eigenvalue weighted by molar-refractivity contribution is -0.137. The molecule has 0 aromatic heterocycles. The van der Waals surface area contributed by atoms with Crippen molar-refractivity contribution < 1.29 is 9.59 Å². The average molecular weight is 223 g/mol. The number of hydrogen-bond donors (Lipinski definition) is 0. The summed E-state index contributed by atoms with van der Waals surface area (Å²) < 4.78 is 0. The van der Waals surface area contributed by atoms with E-state index in [1.54, 1.807) is 6.92 Å². The van der Waals surface area contributed by atoms with Crippen molar-refractivity contribution in [1.82, 2.24) is 4.90 Å². The first-order chi connectivity index (χ1) is 7.59. The van der Waals surface area contributed by atoms with Crippen molar-refractivity contribution in [3.05, 3.63) is 0 Å². The zero-order valence-corrected chi connectivity index (χ0v) is 10.2. The molecule has 2 fully saturated rings. The van der Waals surface area contributed by atoms with Crippen LogP contribution in [0.3, 0.4) is 0 Å². The van der Waals surface area contributed by atoms with Crippen LogP contribution in [0.2, 0.25) is 0 Å². The third-order valence-electron chi connectivity index (χ3n) is 3.90. The molecule has 90 valence electrons. The molecule has 0 N–H and O–H groups in total. The van der Waals surface area contributed by atoms with Gasteiger partial charge >= 0.3 is 0 Å². The van der Waals surface area contributed by atoms with Gasteiger partial charge in [-0.3, -0.25) is 9.59 Å². The van der Waals surface area contributed by atoms with E-state index in [1.165, 1.54) is 12.8 Å². The maximum atomic E-state index is 12.2. The van der Waals surface area contributed by atoms with Gasteiger partial charge in [0.1, 0.15) is 5.78 Å². The van der Waals surface area contributed by atoms with E-state index in [4.69, 9.17) is 0 Å². The molecule has 2 unspecified atom stereocenters. The van der Waals surface area contributed by atoms with E-state index < -0.39 is 0 Å². The summed E-state index contributed by atoms with van der Waals surface area (Å²) in [6.07, 6.45) is 5.02. The fourth-order valence-electron chi connectivity index (χ4n) is 2.73. The number of likely N-dealkylation sites (tertiary alicyclic amines) is 1. The third kappa shape index (κ3) is 2.45. The topological polar surface area (TPSA) is 37.4 Å². The van der Waals surface area contributed by atoms with Crippen molar-refractivity contribution in [2.24, 2.45) is 11.8 Å². The van der Waals surface area contributed by atoms with E-state index >= 15 is 0 Å². The van der Waals surface area contributed by atoms with E-state index in [0.717, 1.165) is 19.4 Å². The molecule has 3 heteroatoms. The van der Waals surface area contributed by atoms with Gasteiger partial charge in [0.2, 0.25) is 5.91 Å². The van der Waals surface area contributed by atoms with Gasteiger partial charge in [-0.2, -0.15) is 0 Å². The van der Waals surface area contributed by atoms with E-state index in [9.17, 15) is 9.59 Å². The summed E-state index contributed by atoms with van der Waals surface area (Å²) in [5.74, 6) is 1.27. The summed E-state index contributed by atoms with van der Waals surface area (Å²) in [6, 6.07) is 0.186. The maximum Gasteiger partial charge on any atom is 0.225 e. The van der Waals surface area contributed by atoms with Crippen LogP contribution >= 0.6 is 0 Å². The molecule has 1 aliphatic carbocycles. The zero-order valence-electron chi connectivity index (χ0n) is 10.2. The number of nitrogens with zero attached hydrogens (tertiary/aromatic N) is 1. The Labute approximate surface area is 97.2 Å². The minimum atomic E-state index is 0.174. The predicted octanol–water partition coefficient (Wildman–Crippen LogP) is 2.00. The molecule has 1 saturated heterocycles. The molecular formula is C13H21NO2. The van der Waals surface area contributed by atoms with Crippen LogP contribution in [0.5, 0.6) is 0 Å². The van der Waals surface area contributed by atoms with Crippen molar-refractivity contribution in [3.8, 4) is 0 Å². The average Bonchev–Trinajstić information content (AvgIpc) is 2.97. The second-order valence-electron chi connectivity index (χ2n) is 5.36. The SMILES string of the molecule is CC(=O)CC1CCCN1C(=O)C(C)C1CC1. The fraction of sp³-hybridized carbons (Fsp3) is 0.846. The van der Waals surface area contributed by atoms with Crippen LogP contribution in [0.25, 0.3) is 0 Å². The minimum Gasteiger partial charge on any atom is -0.339 e. The Morgan fingerprint density at radius 2 is 2.00 bits per heavy atom. The standard InChI is InChI=1S/C13H21NO2/c1-9(15)8-12-4-3-7-14(12)13(16)10(2)11-5-6-11/h10-12H,3-8H2,1-2H3. The summed E-state index contributed by atoms with van der Waals surface area (Å²) >= 11 is 0. The molecule has 0 aromatic carbocycles. The van der Waals surface area contributed by atoms with Crippen molar-refractivity contribution >= 4 is 11.7 Å². The van der Waals surface area contributed by atoms with Crippen LogP contribution in [0, 0.1) is 11.8 Å². The molecule has 16 heavy (non-hydrogen) atoms. The van der Waals surface area contributed by atoms with Crippen molar-refractivity contribution in [1.29, 1.82) is 0 Å². The van der Waals surface area contributed by atoms with Crippen molar-refractivity contribution in [2.45, 2.75) is 52.0 Å². The van der Waals surface area contributed by atoms with Gasteiger partial charge in [-0.1, -0.05) is 6.92 Å². The lowest BCUT2D eigenvalue weighted by atomic mass is 10.0. The molecule has 0 aromatic rings. The van der Waals surface area contributed by atoms with Gasteiger partial charge in [0.05, 0.1) is 0 Å². The molecule has 2 rings (SSSR count). The highest BCUT2D eigenvalue weighted by Crippen LogP contribution is 2.38. The van der Waals surface area contributed by atoms with Gasteiger partial charge in [0.15, 0.2) is 0 Å². The Balaban J connectivity index is 1.95. The largest absolute Gasteiger partial charge is 0.339 e. The summed E-state index contributed by atoms with van der Waals surface area (Å²) in [7, 11) is 0. The number of carbonyl (C=O) groups is 2. The molecule has 1 aliphatic heterocycles. The number of Topliss-reactive ketones (excluding diaryl/α,β-unsaturated/α-hetero) is 1. The first-order valence-electron chi connectivity index (χ1n) is 6.39. The smallest absolute Gasteiger partial charge is 0.225 e. The predicted molar refractivity (Wildman–Crippen MR) is 61.9 cm³/mol. The first kappa shape index (κ1) is 11.6. The number of hydrogen-bond acceptors (Lipinski definition) is 2. The van der Waals surface area contributed by atoms with Gasteiger partial charge in [0, 0.05) is 24.9 Å². The second-order valence-corrected chi connectivity index (χ2v) is 5.36. The van der Waals surface area contributed by atoms with Crippen LogP contribution < -0.4 is 0 Å². The number of carbonyl (C=O) groups excluding carboxylic acids is 2. The lowest BCUT2D eigenvalue weighted by Gasteiger charge is -2.27. The lowest BCUT2D eigenvalue weighted by Crippen LogP contribution is -2.40. The molecule has 1 heterocycles. The Morgan fingerprint density at radius 1 is 1.31 bits per heavy atom. The molecule has 3 nitrogen and oxygen atoms in total. The highest BCUT2D eigenvalue weighted by atomic mass is 16.2. The molecule has 2 atom stereocenters. The van der Waals surface area contributed by atoms with Gasteiger partial charge in [0.25, 0.3) is 0 Å². The van der Waals surface area contributed by atoms with Crippen LogP contribution in [-0.4, -0.2) is 29.2 Å². The molecule has 2 aliphatic rings. The van der Waals surface area contributed by atoms with Gasteiger partial charge < -0.3 is 4.90 Å². The first-order valence-corrected chi connectivity index (χ1v) is 6.39. The minimum absolute atomic E-state index is 0.174. The fourth-order valence-corrected chi connectivity index (χ4v) is 2.73. The Hall–Kier alpha value is -0.860. The Morgan fingerprint density at radius 3 is 2.56 bits per heavy atom. The summed E-state index contributed by atoms with van der Waals surface area (Å²) in [6.45, 7) is 4.52. The van der Waals surface area contributed by atoms with Gasteiger partial charge in [-0.15, -0.1) is 0 Å². The summed E-state index contributed by atoms with van der Waals surface area (Å²) in [5.41, 5.74) is 0. The Kier molecular flexibility index (Phi) is 3.31. The van der Waals surface area contributed by atoms with E-state index in [0.29, 0.717) is 12.3 Å². The number of ketones is 1. The van der Waals surface area contributed by atoms with E-state index in [1.807, 2.05) is 11.8 Å². The molecular weight excluding hydrogens is 202 g/mol. The molecule has 1 saturated carbocycles. The van der Waals surface area contributed by atoms with Gasteiger partial charge in [-0.25, -0.2) is 0 Å². The number of amides is 1. The zero-order chi connectivity index (χ0) is 11.7. The number of rotatable bonds is 4. The molecule has 1 amide bonds. The summed E-state index contributed by atoms with van der Waals surface area (Å²) in [5, 5.41) is 0. The highest BCUT2D eigenvalue weighted by Gasteiger charge is 2.38. The molecule has 0 spiro atoms. The summed E-state index contributed by atoms with van der Waals surface area (Å²) in [4.78, 5) is 25.3. The van der Waals surface area contributed by atoms with Crippen LogP contribution in [0.1, 0.15) is 46.0 Å². The van der Waals surface area contributed by atoms with Crippen LogP contribution in [-0.2, 0) is 9.59 Å². The van der Waals surface area contributed by atoms with Crippen molar-refractivity contribution in [2.75, 3.05) is 6.54 Å². The molecule has 0 bridgehead atoms.